The van der Waals surface area contributed by atoms with Gasteiger partial charge in [-0.25, -0.2) is 4.98 Å². The number of pyridine rings is 1. The number of nitrogens with zero attached hydrogens (tertiary/aromatic N) is 1. The number of benzene rings is 1. The van der Waals surface area contributed by atoms with Crippen molar-refractivity contribution in [3.05, 3.63) is 50.6 Å². The van der Waals surface area contributed by atoms with Crippen molar-refractivity contribution in [2.24, 2.45) is 0 Å². The van der Waals surface area contributed by atoms with Gasteiger partial charge in [-0.2, -0.15) is 0 Å². The molecule has 0 amide bonds. The number of aryl methyl sites for hydroxylation is 2. The Morgan fingerprint density at radius 1 is 1.17 bits per heavy atom. The number of hydrogen-bond acceptors (Lipinski definition) is 2. The molecule has 1 aromatic carbocycles. The molecule has 0 bridgehead atoms. The fourth-order valence-electron chi connectivity index (χ4n) is 1.66. The Balaban J connectivity index is 2.43. The molecule has 0 saturated heterocycles. The molecule has 2 nitrogen and oxygen atoms in total. The summed E-state index contributed by atoms with van der Waals surface area (Å²) in [6.45, 7) is 6.09. The molecule has 18 heavy (non-hydrogen) atoms. The maximum Gasteiger partial charge on any atom is 0.238 e. The molecule has 2 rings (SSSR count). The summed E-state index contributed by atoms with van der Waals surface area (Å²) in [4.78, 5) is 4.18. The lowest BCUT2D eigenvalue weighted by Crippen LogP contribution is -1.95. The van der Waals surface area contributed by atoms with Crippen LogP contribution in [0.5, 0.6) is 11.6 Å². The van der Waals surface area contributed by atoms with Crippen LogP contribution >= 0.6 is 27.5 Å². The van der Waals surface area contributed by atoms with Crippen LogP contribution in [0, 0.1) is 20.8 Å². The van der Waals surface area contributed by atoms with Crippen molar-refractivity contribution < 1.29 is 4.74 Å². The van der Waals surface area contributed by atoms with Crippen molar-refractivity contribution in [1.29, 1.82) is 0 Å². The van der Waals surface area contributed by atoms with Crippen molar-refractivity contribution in [2.45, 2.75) is 20.8 Å². The summed E-state index contributed by atoms with van der Waals surface area (Å²) < 4.78 is 6.67. The highest BCUT2D eigenvalue weighted by atomic mass is 79.9. The van der Waals surface area contributed by atoms with Gasteiger partial charge in [-0.1, -0.05) is 23.7 Å². The first-order valence-electron chi connectivity index (χ1n) is 5.54. The van der Waals surface area contributed by atoms with Gasteiger partial charge in [0.25, 0.3) is 0 Å². The molecule has 2 aromatic rings. The highest BCUT2D eigenvalue weighted by Crippen LogP contribution is 2.33. The summed E-state index contributed by atoms with van der Waals surface area (Å²) in [7, 11) is 0. The SMILES string of the molecule is Cc1ccc(C)c(Oc2ncc(Br)cc2Cl)c1C. The van der Waals surface area contributed by atoms with Gasteiger partial charge in [-0.05, 0) is 59.5 Å². The summed E-state index contributed by atoms with van der Waals surface area (Å²) in [6, 6.07) is 5.88. The maximum absolute atomic E-state index is 6.11. The first-order chi connectivity index (χ1) is 8.49. The van der Waals surface area contributed by atoms with Gasteiger partial charge >= 0.3 is 0 Å². The minimum atomic E-state index is 0.427. The zero-order valence-corrected chi connectivity index (χ0v) is 12.8. The normalized spacial score (nSPS) is 10.5. The molecule has 0 unspecified atom stereocenters. The highest BCUT2D eigenvalue weighted by Gasteiger charge is 2.11. The van der Waals surface area contributed by atoms with Crippen molar-refractivity contribution in [1.82, 2.24) is 4.98 Å². The van der Waals surface area contributed by atoms with E-state index in [1.54, 1.807) is 12.3 Å². The third-order valence-corrected chi connectivity index (χ3v) is 3.55. The quantitative estimate of drug-likeness (QED) is 0.755. The van der Waals surface area contributed by atoms with E-state index in [2.05, 4.69) is 33.9 Å². The molecule has 4 heteroatoms. The minimum Gasteiger partial charge on any atom is -0.437 e. The van der Waals surface area contributed by atoms with Gasteiger partial charge in [0.05, 0.1) is 0 Å². The van der Waals surface area contributed by atoms with E-state index in [-0.39, 0.29) is 0 Å². The molecule has 0 aliphatic heterocycles. The van der Waals surface area contributed by atoms with Gasteiger partial charge in [0.1, 0.15) is 10.8 Å². The molecule has 0 saturated carbocycles. The second-order valence-electron chi connectivity index (χ2n) is 4.20. The Hall–Kier alpha value is -1.06. The molecule has 94 valence electrons. The van der Waals surface area contributed by atoms with Gasteiger partial charge < -0.3 is 4.74 Å². The van der Waals surface area contributed by atoms with E-state index in [0.717, 1.165) is 21.3 Å². The number of rotatable bonds is 2. The topological polar surface area (TPSA) is 22.1 Å². The Kier molecular flexibility index (Phi) is 3.93. The van der Waals surface area contributed by atoms with E-state index >= 15 is 0 Å². The average molecular weight is 327 g/mol. The Morgan fingerprint density at radius 3 is 2.50 bits per heavy atom. The second-order valence-corrected chi connectivity index (χ2v) is 5.52. The summed E-state index contributed by atoms with van der Waals surface area (Å²) in [6.07, 6.45) is 1.67. The number of hydrogen-bond donors (Lipinski definition) is 0. The molecule has 0 aliphatic carbocycles. The smallest absolute Gasteiger partial charge is 0.238 e. The van der Waals surface area contributed by atoms with Crippen molar-refractivity contribution in [2.75, 3.05) is 0 Å². The van der Waals surface area contributed by atoms with Gasteiger partial charge in [0.2, 0.25) is 5.88 Å². The second kappa shape index (κ2) is 5.29. The Labute approximate surface area is 120 Å². The predicted octanol–water partition coefficient (Wildman–Crippen LogP) is 5.22. The average Bonchev–Trinajstić information content (AvgIpc) is 2.32. The Bertz CT molecular complexity index is 599. The monoisotopic (exact) mass is 325 g/mol. The van der Waals surface area contributed by atoms with E-state index in [9.17, 15) is 0 Å². The summed E-state index contributed by atoms with van der Waals surface area (Å²) in [5, 5.41) is 0.490. The third kappa shape index (κ3) is 2.68. The van der Waals surface area contributed by atoms with Crippen molar-refractivity contribution >= 4 is 27.5 Å². The first-order valence-corrected chi connectivity index (χ1v) is 6.72. The first kappa shape index (κ1) is 13.4. The molecule has 0 spiro atoms. The molecule has 1 aromatic heterocycles. The number of halogens is 2. The van der Waals surface area contributed by atoms with Gasteiger partial charge in [0.15, 0.2) is 0 Å². The van der Waals surface area contributed by atoms with Crippen LogP contribution in [-0.2, 0) is 0 Å². The third-order valence-electron chi connectivity index (χ3n) is 2.85. The molecule has 0 radical (unpaired) electrons. The summed E-state index contributed by atoms with van der Waals surface area (Å²) in [5.74, 6) is 1.25. The lowest BCUT2D eigenvalue weighted by molar-refractivity contribution is 0.455. The minimum absolute atomic E-state index is 0.427. The molecule has 0 aliphatic rings. The van der Waals surface area contributed by atoms with Crippen molar-refractivity contribution in [3.8, 4) is 11.6 Å². The fourth-order valence-corrected chi connectivity index (χ4v) is 2.32. The van der Waals surface area contributed by atoms with E-state index in [4.69, 9.17) is 16.3 Å². The van der Waals surface area contributed by atoms with Gasteiger partial charge in [-0.15, -0.1) is 0 Å². The zero-order chi connectivity index (χ0) is 13.3. The Morgan fingerprint density at radius 2 is 1.83 bits per heavy atom. The van der Waals surface area contributed by atoms with Gasteiger partial charge in [-0.3, -0.25) is 0 Å². The molecular formula is C14H13BrClNO. The van der Waals surface area contributed by atoms with Crippen LogP contribution in [0.3, 0.4) is 0 Å². The lowest BCUT2D eigenvalue weighted by Gasteiger charge is -2.13. The molecule has 1 heterocycles. The molecule has 0 N–H and O–H groups in total. The molecular weight excluding hydrogens is 314 g/mol. The predicted molar refractivity (Wildman–Crippen MR) is 77.7 cm³/mol. The highest BCUT2D eigenvalue weighted by molar-refractivity contribution is 9.10. The van der Waals surface area contributed by atoms with Crippen LogP contribution < -0.4 is 4.74 Å². The van der Waals surface area contributed by atoms with Crippen LogP contribution in [0.15, 0.2) is 28.9 Å². The number of aromatic nitrogens is 1. The lowest BCUT2D eigenvalue weighted by atomic mass is 10.1. The maximum atomic E-state index is 6.11. The number of ether oxygens (including phenoxy) is 1. The van der Waals surface area contributed by atoms with E-state index in [1.165, 1.54) is 5.56 Å². The van der Waals surface area contributed by atoms with E-state index in [0.29, 0.717) is 10.9 Å². The van der Waals surface area contributed by atoms with Crippen LogP contribution in [0.4, 0.5) is 0 Å². The standard InChI is InChI=1S/C14H13BrClNO/c1-8-4-5-9(2)13(10(8)3)18-14-12(16)6-11(15)7-17-14/h4-7H,1-3H3. The zero-order valence-electron chi connectivity index (χ0n) is 10.4. The summed E-state index contributed by atoms with van der Waals surface area (Å²) >= 11 is 9.43. The van der Waals surface area contributed by atoms with Crippen molar-refractivity contribution in [3.63, 3.8) is 0 Å². The van der Waals surface area contributed by atoms with Crippen LogP contribution in [0.25, 0.3) is 0 Å². The fraction of sp³-hybridized carbons (Fsp3) is 0.214. The molecule has 0 atom stereocenters. The largest absolute Gasteiger partial charge is 0.437 e. The summed E-state index contributed by atoms with van der Waals surface area (Å²) in [5.41, 5.74) is 3.36. The van der Waals surface area contributed by atoms with Crippen LogP contribution in [0.1, 0.15) is 16.7 Å². The van der Waals surface area contributed by atoms with E-state index < -0.39 is 0 Å². The van der Waals surface area contributed by atoms with Gasteiger partial charge in [0, 0.05) is 10.7 Å². The van der Waals surface area contributed by atoms with Crippen LogP contribution in [-0.4, -0.2) is 4.98 Å². The van der Waals surface area contributed by atoms with E-state index in [1.807, 2.05) is 19.9 Å². The molecule has 0 fully saturated rings. The van der Waals surface area contributed by atoms with Crippen LogP contribution in [0.2, 0.25) is 5.02 Å².